The summed E-state index contributed by atoms with van der Waals surface area (Å²) in [6.07, 6.45) is 5.84. The molecular weight excluding hydrogens is 367 g/mol. The molecule has 0 bridgehead atoms. The van der Waals surface area contributed by atoms with E-state index in [-0.39, 0.29) is 0 Å². The molecule has 0 radical (unpaired) electrons. The summed E-state index contributed by atoms with van der Waals surface area (Å²) >= 11 is -1.78. The monoisotopic (exact) mass is 398 g/mol. The normalized spacial score (nSPS) is 24.2. The molecular formula is C13H30S2SiSn. The zero-order chi connectivity index (χ0) is 12.9. The van der Waals surface area contributed by atoms with Crippen molar-refractivity contribution in [3.63, 3.8) is 0 Å². The summed E-state index contributed by atoms with van der Waals surface area (Å²) in [5.41, 5.74) is 0. The predicted octanol–water partition coefficient (Wildman–Crippen LogP) is 5.75. The van der Waals surface area contributed by atoms with Gasteiger partial charge in [-0.15, -0.1) is 0 Å². The fraction of sp³-hybridized carbons (Fsp3) is 1.00. The maximum absolute atomic E-state index is 2.58. The summed E-state index contributed by atoms with van der Waals surface area (Å²) in [5.74, 6) is 1.52. The average Bonchev–Trinajstić information content (AvgIpc) is 2.68. The molecule has 1 heterocycles. The van der Waals surface area contributed by atoms with Crippen molar-refractivity contribution in [2.45, 2.75) is 72.9 Å². The zero-order valence-electron chi connectivity index (χ0n) is 12.3. The third-order valence-corrected chi connectivity index (χ3v) is 40.9. The van der Waals surface area contributed by atoms with Crippen LogP contribution in [0.25, 0.3) is 0 Å². The third-order valence-electron chi connectivity index (χ3n) is 3.64. The second kappa shape index (κ2) is 7.49. The van der Waals surface area contributed by atoms with Crippen LogP contribution < -0.4 is 0 Å². The maximum atomic E-state index is 2.58. The van der Waals surface area contributed by atoms with Crippen LogP contribution in [-0.2, 0) is 0 Å². The fourth-order valence-corrected chi connectivity index (χ4v) is 55.8. The van der Waals surface area contributed by atoms with Crippen LogP contribution in [0, 0.1) is 0 Å². The molecule has 4 heteroatoms. The van der Waals surface area contributed by atoms with Gasteiger partial charge in [0.15, 0.2) is 0 Å². The van der Waals surface area contributed by atoms with Crippen LogP contribution in [0.5, 0.6) is 0 Å². The van der Waals surface area contributed by atoms with Crippen molar-refractivity contribution in [3.05, 3.63) is 0 Å². The predicted molar refractivity (Wildman–Crippen MR) is 92.4 cm³/mol. The standard InChI is InChI=1S/C5H14S2Si.2C4H9.Sn/c1-8(2,3)5(7)4-6;2*1-3-4-2;/h5-7H,4H2,1-3H3;2*1,3-4H2,2H3;/q;;;+2/p-2. The Labute approximate surface area is 119 Å². The van der Waals surface area contributed by atoms with Crippen molar-refractivity contribution in [3.8, 4) is 0 Å². The van der Waals surface area contributed by atoms with Crippen LogP contribution in [0.3, 0.4) is 0 Å². The van der Waals surface area contributed by atoms with E-state index in [4.69, 9.17) is 0 Å². The molecule has 17 heavy (non-hydrogen) atoms. The van der Waals surface area contributed by atoms with E-state index in [0.29, 0.717) is 0 Å². The van der Waals surface area contributed by atoms with Crippen molar-refractivity contribution < 1.29 is 0 Å². The minimum atomic E-state index is -1.78. The molecule has 1 aliphatic heterocycles. The summed E-state index contributed by atoms with van der Waals surface area (Å²) in [6.45, 7) is 12.5. The Kier molecular flexibility index (Phi) is 7.38. The second-order valence-electron chi connectivity index (χ2n) is 6.40. The Morgan fingerprint density at radius 3 is 1.94 bits per heavy atom. The van der Waals surface area contributed by atoms with Crippen molar-refractivity contribution in [1.29, 1.82) is 0 Å². The van der Waals surface area contributed by atoms with Crippen molar-refractivity contribution in [2.75, 3.05) is 5.75 Å². The first-order chi connectivity index (χ1) is 7.93. The summed E-state index contributed by atoms with van der Waals surface area (Å²) in [5, 5.41) is 0. The number of hydrogen-bond acceptors (Lipinski definition) is 2. The van der Waals surface area contributed by atoms with E-state index in [9.17, 15) is 0 Å². The Morgan fingerprint density at radius 1 is 1.06 bits per heavy atom. The van der Waals surface area contributed by atoms with Gasteiger partial charge in [0.1, 0.15) is 0 Å². The molecule has 0 N–H and O–H groups in total. The molecule has 1 fully saturated rings. The van der Waals surface area contributed by atoms with Gasteiger partial charge in [-0.2, -0.15) is 0 Å². The molecule has 1 rings (SSSR count). The van der Waals surface area contributed by atoms with Crippen LogP contribution >= 0.6 is 17.9 Å². The van der Waals surface area contributed by atoms with Gasteiger partial charge in [-0.05, 0) is 0 Å². The van der Waals surface area contributed by atoms with E-state index in [1.54, 1.807) is 8.87 Å². The Morgan fingerprint density at radius 2 is 1.59 bits per heavy atom. The fourth-order valence-electron chi connectivity index (χ4n) is 2.26. The first kappa shape index (κ1) is 16.8. The summed E-state index contributed by atoms with van der Waals surface area (Å²) in [7, 11) is 4.20. The minimum absolute atomic E-state index is 0.897. The average molecular weight is 397 g/mol. The SMILES string of the molecule is CCC[CH2][Sn]1([CH2]CCC)[S]CC([Si](C)(C)C)[S]1. The Bertz CT molecular complexity index is 220. The van der Waals surface area contributed by atoms with Gasteiger partial charge in [-0.1, -0.05) is 0 Å². The van der Waals surface area contributed by atoms with E-state index in [2.05, 4.69) is 51.4 Å². The first-order valence-electron chi connectivity index (χ1n) is 7.25. The topological polar surface area (TPSA) is 0 Å². The number of hydrogen-bond donors (Lipinski definition) is 0. The van der Waals surface area contributed by atoms with E-state index in [0.717, 1.165) is 4.87 Å². The molecule has 1 saturated heterocycles. The molecule has 0 aliphatic carbocycles. The van der Waals surface area contributed by atoms with Gasteiger partial charge in [0.2, 0.25) is 0 Å². The van der Waals surface area contributed by atoms with E-state index in [1.165, 1.54) is 31.4 Å². The van der Waals surface area contributed by atoms with E-state index >= 15 is 0 Å². The third kappa shape index (κ3) is 5.31. The molecule has 0 saturated carbocycles. The molecule has 0 spiro atoms. The van der Waals surface area contributed by atoms with Crippen LogP contribution in [-0.4, -0.2) is 34.3 Å². The van der Waals surface area contributed by atoms with Gasteiger partial charge in [0.25, 0.3) is 0 Å². The van der Waals surface area contributed by atoms with Gasteiger partial charge in [-0.25, -0.2) is 0 Å². The van der Waals surface area contributed by atoms with Crippen molar-refractivity contribution >= 4 is 41.6 Å². The van der Waals surface area contributed by atoms with Gasteiger partial charge in [0, 0.05) is 0 Å². The van der Waals surface area contributed by atoms with E-state index in [1.807, 2.05) is 0 Å². The van der Waals surface area contributed by atoms with Gasteiger partial charge in [0.05, 0.1) is 0 Å². The Hall–Kier alpha value is 1.72. The number of rotatable bonds is 7. The van der Waals surface area contributed by atoms with Gasteiger partial charge < -0.3 is 0 Å². The molecule has 0 aromatic heterocycles. The molecule has 1 unspecified atom stereocenters. The zero-order valence-corrected chi connectivity index (χ0v) is 17.8. The molecule has 0 aromatic rings. The molecule has 1 atom stereocenters. The van der Waals surface area contributed by atoms with Gasteiger partial charge >= 0.3 is 120 Å². The van der Waals surface area contributed by atoms with Crippen LogP contribution in [0.15, 0.2) is 0 Å². The van der Waals surface area contributed by atoms with Crippen molar-refractivity contribution in [2.24, 2.45) is 0 Å². The molecule has 0 amide bonds. The quantitative estimate of drug-likeness (QED) is 0.502. The Balaban J connectivity index is 2.60. The van der Waals surface area contributed by atoms with Crippen LogP contribution in [0.1, 0.15) is 39.5 Å². The molecule has 0 nitrogen and oxygen atoms in total. The van der Waals surface area contributed by atoms with Crippen LogP contribution in [0.4, 0.5) is 0 Å². The van der Waals surface area contributed by atoms with Crippen LogP contribution in [0.2, 0.25) is 28.5 Å². The van der Waals surface area contributed by atoms with E-state index < -0.39 is 23.7 Å². The molecule has 102 valence electrons. The summed E-state index contributed by atoms with van der Waals surface area (Å²) in [4.78, 5) is 1.08. The summed E-state index contributed by atoms with van der Waals surface area (Å²) < 4.78 is 3.31. The first-order valence-corrected chi connectivity index (χ1v) is 23.7. The summed E-state index contributed by atoms with van der Waals surface area (Å²) in [6, 6.07) is 0. The molecule has 1 aliphatic rings. The molecule has 0 aromatic carbocycles. The number of unbranched alkanes of at least 4 members (excludes halogenated alkanes) is 2. The van der Waals surface area contributed by atoms with Crippen molar-refractivity contribution in [1.82, 2.24) is 0 Å². The second-order valence-corrected chi connectivity index (χ2v) is 38.4. The van der Waals surface area contributed by atoms with Gasteiger partial charge in [-0.3, -0.25) is 0 Å².